The number of phosphoric ester groups is 1. The fourth-order valence-corrected chi connectivity index (χ4v) is 7.49. The lowest BCUT2D eigenvalue weighted by Crippen LogP contribution is -2.43. The number of carboxylic acids is 1. The number of aliphatic hydroxyl groups is 1. The molecule has 3 unspecified atom stereocenters. The molecule has 0 rings (SSSR count). The molecule has 0 aliphatic rings. The Balaban J connectivity index is 3.86. The summed E-state index contributed by atoms with van der Waals surface area (Å²) in [5.41, 5.74) is 0. The number of phosphoric acid groups is 1. The average molecular weight is 858 g/mol. The van der Waals surface area contributed by atoms with Crippen molar-refractivity contribution < 1.29 is 47.8 Å². The van der Waals surface area contributed by atoms with Gasteiger partial charge in [-0.15, -0.1) is 0 Å². The SMILES string of the molecule is CCCCCCCC/C=C\CCCCCCCCCC(=O)NC(COP(=O)(O)OCC(O)COC(=O)CCCCCCCCC/C=C\CCCCCCCCC)C(=O)O. The van der Waals surface area contributed by atoms with Crippen LogP contribution in [0.1, 0.15) is 226 Å². The summed E-state index contributed by atoms with van der Waals surface area (Å²) in [4.78, 5) is 46.0. The van der Waals surface area contributed by atoms with Gasteiger partial charge in [0, 0.05) is 12.8 Å². The fraction of sp³-hybridized carbons (Fsp3) is 0.851. The van der Waals surface area contributed by atoms with Crippen LogP contribution >= 0.6 is 7.82 Å². The maximum absolute atomic E-state index is 12.3. The lowest BCUT2D eigenvalue weighted by atomic mass is 10.1. The van der Waals surface area contributed by atoms with Crippen molar-refractivity contribution in [3.63, 3.8) is 0 Å². The number of nitrogens with one attached hydrogen (secondary N) is 1. The van der Waals surface area contributed by atoms with Crippen LogP contribution in [0.3, 0.4) is 0 Å². The van der Waals surface area contributed by atoms with Crippen LogP contribution in [-0.4, -0.2) is 64.9 Å². The highest BCUT2D eigenvalue weighted by Gasteiger charge is 2.28. The second kappa shape index (κ2) is 42.6. The van der Waals surface area contributed by atoms with Gasteiger partial charge in [-0.2, -0.15) is 0 Å². The van der Waals surface area contributed by atoms with Gasteiger partial charge in [0.05, 0.1) is 13.2 Å². The standard InChI is InChI=1S/C47H88NO10P/c1-3-5-7-9-11-13-15-17-19-21-23-25-27-29-31-33-35-37-39-46(51)56-40-43(49)41-57-59(54,55)58-42-44(47(52)53)48-45(50)38-36-34-32-30-28-26-24-22-20-18-16-14-12-10-8-6-4-2/h18-21,43-44,49H,3-17,22-42H2,1-2H3,(H,48,50)(H,52,53)(H,54,55)/b20-18-,21-19-. The van der Waals surface area contributed by atoms with Crippen LogP contribution < -0.4 is 5.32 Å². The number of aliphatic carboxylic acids is 1. The van der Waals surface area contributed by atoms with Gasteiger partial charge in [-0.1, -0.05) is 173 Å². The number of hydrogen-bond donors (Lipinski definition) is 4. The summed E-state index contributed by atoms with van der Waals surface area (Å²) in [6.07, 6.45) is 44.8. The molecule has 59 heavy (non-hydrogen) atoms. The Kier molecular flexibility index (Phi) is 41.2. The van der Waals surface area contributed by atoms with Gasteiger partial charge in [0.2, 0.25) is 5.91 Å². The number of unbranched alkanes of at least 4 members (excludes halogenated alkanes) is 27. The number of carboxylic acid groups (broad SMARTS) is 1. The smallest absolute Gasteiger partial charge is 0.472 e. The number of hydrogen-bond acceptors (Lipinski definition) is 8. The van der Waals surface area contributed by atoms with E-state index >= 15 is 0 Å². The largest absolute Gasteiger partial charge is 0.480 e. The van der Waals surface area contributed by atoms with Gasteiger partial charge >= 0.3 is 19.8 Å². The summed E-state index contributed by atoms with van der Waals surface area (Å²) in [6.45, 7) is 2.60. The Hall–Kier alpha value is -2.04. The molecular weight excluding hydrogens is 769 g/mol. The van der Waals surface area contributed by atoms with E-state index in [2.05, 4.69) is 43.5 Å². The van der Waals surface area contributed by atoms with E-state index in [9.17, 15) is 34.1 Å². The molecule has 0 aliphatic heterocycles. The lowest BCUT2D eigenvalue weighted by molar-refractivity contribution is -0.147. The molecule has 0 heterocycles. The summed E-state index contributed by atoms with van der Waals surface area (Å²) < 4.78 is 26.9. The monoisotopic (exact) mass is 858 g/mol. The van der Waals surface area contributed by atoms with E-state index in [4.69, 9.17) is 13.8 Å². The molecule has 0 aromatic carbocycles. The van der Waals surface area contributed by atoms with Crippen molar-refractivity contribution in [2.24, 2.45) is 0 Å². The molecule has 12 heteroatoms. The van der Waals surface area contributed by atoms with Crippen LogP contribution in [0.4, 0.5) is 0 Å². The Morgan fingerprint density at radius 2 is 0.881 bits per heavy atom. The molecule has 11 nitrogen and oxygen atoms in total. The number of rotatable bonds is 45. The number of allylic oxidation sites excluding steroid dienone is 4. The molecule has 0 aromatic heterocycles. The number of amides is 1. The highest BCUT2D eigenvalue weighted by atomic mass is 31.2. The zero-order chi connectivity index (χ0) is 43.5. The van der Waals surface area contributed by atoms with E-state index in [1.165, 1.54) is 128 Å². The van der Waals surface area contributed by atoms with Crippen molar-refractivity contribution in [3.05, 3.63) is 24.3 Å². The van der Waals surface area contributed by atoms with E-state index in [1.807, 2.05) is 0 Å². The first-order valence-electron chi connectivity index (χ1n) is 23.9. The van der Waals surface area contributed by atoms with E-state index in [1.54, 1.807) is 0 Å². The maximum atomic E-state index is 12.3. The van der Waals surface area contributed by atoms with Crippen molar-refractivity contribution in [2.75, 3.05) is 19.8 Å². The first-order chi connectivity index (χ1) is 28.6. The molecule has 346 valence electrons. The zero-order valence-electron chi connectivity index (χ0n) is 37.6. The number of carbonyl (C=O) groups is 3. The Bertz CT molecular complexity index is 1100. The van der Waals surface area contributed by atoms with Crippen LogP contribution in [0, 0.1) is 0 Å². The van der Waals surface area contributed by atoms with Crippen molar-refractivity contribution in [2.45, 2.75) is 238 Å². The van der Waals surface area contributed by atoms with Gasteiger partial charge in [-0.25, -0.2) is 9.36 Å². The Labute approximate surface area is 359 Å². The second-order valence-corrected chi connectivity index (χ2v) is 17.7. The lowest BCUT2D eigenvalue weighted by Gasteiger charge is -2.18. The minimum atomic E-state index is -4.76. The van der Waals surface area contributed by atoms with E-state index < -0.39 is 57.6 Å². The molecule has 4 N–H and O–H groups in total. The summed E-state index contributed by atoms with van der Waals surface area (Å²) >= 11 is 0. The topological polar surface area (TPSA) is 169 Å². The summed E-state index contributed by atoms with van der Waals surface area (Å²) in [5.74, 6) is -2.37. The predicted molar refractivity (Wildman–Crippen MR) is 240 cm³/mol. The Morgan fingerprint density at radius 1 is 0.525 bits per heavy atom. The first kappa shape index (κ1) is 57.0. The molecule has 3 atom stereocenters. The molecule has 0 saturated heterocycles. The van der Waals surface area contributed by atoms with Crippen molar-refractivity contribution >= 4 is 25.7 Å². The van der Waals surface area contributed by atoms with Crippen LogP contribution in [0.2, 0.25) is 0 Å². The van der Waals surface area contributed by atoms with Crippen LogP contribution in [0.5, 0.6) is 0 Å². The van der Waals surface area contributed by atoms with Crippen molar-refractivity contribution in [1.82, 2.24) is 5.32 Å². The molecule has 0 spiro atoms. The molecule has 1 amide bonds. The fourth-order valence-electron chi connectivity index (χ4n) is 6.72. The van der Waals surface area contributed by atoms with Crippen LogP contribution in [0.15, 0.2) is 24.3 Å². The molecule has 0 saturated carbocycles. The average Bonchev–Trinajstić information content (AvgIpc) is 3.21. The number of carbonyl (C=O) groups excluding carboxylic acids is 2. The first-order valence-corrected chi connectivity index (χ1v) is 25.4. The van der Waals surface area contributed by atoms with Gasteiger partial charge in [-0.3, -0.25) is 18.6 Å². The third-order valence-corrected chi connectivity index (χ3v) is 11.4. The van der Waals surface area contributed by atoms with Crippen molar-refractivity contribution in [1.29, 1.82) is 0 Å². The molecular formula is C47H88NO10P. The predicted octanol–water partition coefficient (Wildman–Crippen LogP) is 12.6. The molecule has 0 fully saturated rings. The maximum Gasteiger partial charge on any atom is 0.472 e. The van der Waals surface area contributed by atoms with Gasteiger partial charge < -0.3 is 25.2 Å². The summed E-state index contributed by atoms with van der Waals surface area (Å²) in [7, 11) is -4.76. The van der Waals surface area contributed by atoms with E-state index in [0.29, 0.717) is 12.8 Å². The second-order valence-electron chi connectivity index (χ2n) is 16.3. The zero-order valence-corrected chi connectivity index (χ0v) is 38.5. The molecule has 0 radical (unpaired) electrons. The van der Waals surface area contributed by atoms with Crippen LogP contribution in [0.25, 0.3) is 0 Å². The quantitative estimate of drug-likeness (QED) is 0.0200. The third kappa shape index (κ3) is 42.4. The summed E-state index contributed by atoms with van der Waals surface area (Å²) in [5, 5.41) is 21.9. The van der Waals surface area contributed by atoms with Gasteiger partial charge in [0.15, 0.2) is 6.04 Å². The molecule has 0 aliphatic carbocycles. The number of aliphatic hydroxyl groups excluding tert-OH is 1. The minimum absolute atomic E-state index is 0.142. The number of esters is 1. The number of ether oxygens (including phenoxy) is 1. The minimum Gasteiger partial charge on any atom is -0.480 e. The highest BCUT2D eigenvalue weighted by Crippen LogP contribution is 2.43. The van der Waals surface area contributed by atoms with Crippen LogP contribution in [-0.2, 0) is 32.7 Å². The van der Waals surface area contributed by atoms with Crippen molar-refractivity contribution in [3.8, 4) is 0 Å². The van der Waals surface area contributed by atoms with E-state index in [-0.39, 0.29) is 12.8 Å². The van der Waals surface area contributed by atoms with Gasteiger partial charge in [-0.05, 0) is 64.2 Å². The van der Waals surface area contributed by atoms with E-state index in [0.717, 1.165) is 57.8 Å². The molecule has 0 bridgehead atoms. The van der Waals surface area contributed by atoms with Gasteiger partial charge in [0.1, 0.15) is 12.7 Å². The molecule has 0 aromatic rings. The van der Waals surface area contributed by atoms with Gasteiger partial charge in [0.25, 0.3) is 0 Å². The highest BCUT2D eigenvalue weighted by molar-refractivity contribution is 7.47. The Morgan fingerprint density at radius 3 is 1.29 bits per heavy atom. The third-order valence-electron chi connectivity index (χ3n) is 10.5. The summed E-state index contributed by atoms with van der Waals surface area (Å²) in [6, 6.07) is -1.55. The normalized spacial score (nSPS) is 13.8.